The lowest BCUT2D eigenvalue weighted by Crippen LogP contribution is -2.21. The molecule has 0 spiro atoms. The lowest BCUT2D eigenvalue weighted by Gasteiger charge is -2.29. The number of nitrogens with zero attached hydrogens (tertiary/aromatic N) is 1. The van der Waals surface area contributed by atoms with Crippen molar-refractivity contribution in [3.63, 3.8) is 0 Å². The Morgan fingerprint density at radius 1 is 1.10 bits per heavy atom. The summed E-state index contributed by atoms with van der Waals surface area (Å²) in [5, 5.41) is 2.90. The standard InChI is InChI=1S/C15H13F3N2/c16-15(17,18)13-3-1-2-12-11(6-9-20-14(12)13)10-4-7-19-8-5-10/h1-5,7-8,11,20H,6,9H2. The quantitative estimate of drug-likeness (QED) is 0.851. The molecule has 1 aromatic carbocycles. The number of aromatic nitrogens is 1. The molecule has 1 aliphatic heterocycles. The van der Waals surface area contributed by atoms with Gasteiger partial charge in [-0.1, -0.05) is 12.1 Å². The van der Waals surface area contributed by atoms with Crippen LogP contribution in [0.3, 0.4) is 0 Å². The maximum absolute atomic E-state index is 13.1. The van der Waals surface area contributed by atoms with Crippen LogP contribution in [0.1, 0.15) is 29.0 Å². The normalized spacial score (nSPS) is 18.2. The van der Waals surface area contributed by atoms with Crippen LogP contribution >= 0.6 is 0 Å². The Bertz CT molecular complexity index is 608. The molecule has 20 heavy (non-hydrogen) atoms. The smallest absolute Gasteiger partial charge is 0.384 e. The molecule has 1 aliphatic rings. The summed E-state index contributed by atoms with van der Waals surface area (Å²) in [5.41, 5.74) is 1.33. The van der Waals surface area contributed by atoms with Crippen LogP contribution in [-0.2, 0) is 6.18 Å². The lowest BCUT2D eigenvalue weighted by atomic mass is 9.84. The van der Waals surface area contributed by atoms with Crippen molar-refractivity contribution in [3.05, 3.63) is 59.4 Å². The van der Waals surface area contributed by atoms with Crippen LogP contribution in [0.2, 0.25) is 0 Å². The van der Waals surface area contributed by atoms with E-state index >= 15 is 0 Å². The summed E-state index contributed by atoms with van der Waals surface area (Å²) in [6.07, 6.45) is -0.216. The molecule has 3 rings (SSSR count). The summed E-state index contributed by atoms with van der Waals surface area (Å²) in [6.45, 7) is 0.535. The number of alkyl halides is 3. The van der Waals surface area contributed by atoms with E-state index in [2.05, 4.69) is 10.3 Å². The Labute approximate surface area is 114 Å². The molecule has 104 valence electrons. The van der Waals surface area contributed by atoms with E-state index < -0.39 is 11.7 Å². The van der Waals surface area contributed by atoms with Gasteiger partial charge in [0.05, 0.1) is 11.3 Å². The Kier molecular flexibility index (Phi) is 3.12. The number of hydrogen-bond donors (Lipinski definition) is 1. The predicted molar refractivity (Wildman–Crippen MR) is 70.6 cm³/mol. The Morgan fingerprint density at radius 3 is 2.55 bits per heavy atom. The van der Waals surface area contributed by atoms with Crippen LogP contribution < -0.4 is 5.32 Å². The third-order valence-corrected chi connectivity index (χ3v) is 3.62. The van der Waals surface area contributed by atoms with Gasteiger partial charge in [0, 0.05) is 24.9 Å². The summed E-state index contributed by atoms with van der Waals surface area (Å²) in [5.74, 6) is -0.0171. The van der Waals surface area contributed by atoms with Gasteiger partial charge in [-0.15, -0.1) is 0 Å². The highest BCUT2D eigenvalue weighted by Crippen LogP contribution is 2.43. The maximum Gasteiger partial charge on any atom is 0.418 e. The van der Waals surface area contributed by atoms with E-state index in [0.29, 0.717) is 12.1 Å². The molecular weight excluding hydrogens is 265 g/mol. The minimum absolute atomic E-state index is 0.0171. The van der Waals surface area contributed by atoms with Gasteiger partial charge in [0.2, 0.25) is 0 Å². The van der Waals surface area contributed by atoms with Crippen molar-refractivity contribution in [1.29, 1.82) is 0 Å². The molecule has 1 atom stereocenters. The summed E-state index contributed by atoms with van der Waals surface area (Å²) >= 11 is 0. The SMILES string of the molecule is FC(F)(F)c1cccc2c1NCCC2c1ccncc1. The minimum atomic E-state index is -4.33. The molecule has 5 heteroatoms. The number of para-hydroxylation sites is 1. The Balaban J connectivity index is 2.11. The first kappa shape index (κ1) is 13.0. The van der Waals surface area contributed by atoms with Crippen molar-refractivity contribution in [2.24, 2.45) is 0 Å². The fourth-order valence-corrected chi connectivity index (χ4v) is 2.73. The molecule has 0 amide bonds. The largest absolute Gasteiger partial charge is 0.418 e. The number of pyridine rings is 1. The Hall–Kier alpha value is -2.04. The zero-order chi connectivity index (χ0) is 14.2. The zero-order valence-electron chi connectivity index (χ0n) is 10.6. The molecule has 0 bridgehead atoms. The van der Waals surface area contributed by atoms with E-state index in [1.54, 1.807) is 18.5 Å². The Morgan fingerprint density at radius 2 is 1.85 bits per heavy atom. The highest BCUT2D eigenvalue weighted by Gasteiger charge is 2.36. The van der Waals surface area contributed by atoms with Crippen molar-refractivity contribution >= 4 is 5.69 Å². The number of fused-ring (bicyclic) bond motifs is 1. The van der Waals surface area contributed by atoms with Gasteiger partial charge in [0.15, 0.2) is 0 Å². The molecule has 0 fully saturated rings. The average molecular weight is 278 g/mol. The van der Waals surface area contributed by atoms with Crippen molar-refractivity contribution < 1.29 is 13.2 Å². The molecule has 0 saturated heterocycles. The van der Waals surface area contributed by atoms with E-state index in [9.17, 15) is 13.2 Å². The van der Waals surface area contributed by atoms with E-state index in [1.165, 1.54) is 6.07 Å². The van der Waals surface area contributed by atoms with Crippen LogP contribution in [-0.4, -0.2) is 11.5 Å². The van der Waals surface area contributed by atoms with Gasteiger partial charge in [0.1, 0.15) is 0 Å². The molecule has 2 aromatic rings. The number of hydrogen-bond acceptors (Lipinski definition) is 2. The van der Waals surface area contributed by atoms with Crippen molar-refractivity contribution in [1.82, 2.24) is 4.98 Å². The van der Waals surface area contributed by atoms with Gasteiger partial charge >= 0.3 is 6.18 Å². The highest BCUT2D eigenvalue weighted by molar-refractivity contribution is 5.63. The minimum Gasteiger partial charge on any atom is -0.384 e. The molecule has 1 N–H and O–H groups in total. The van der Waals surface area contributed by atoms with Crippen LogP contribution in [0.4, 0.5) is 18.9 Å². The van der Waals surface area contributed by atoms with Crippen molar-refractivity contribution in [3.8, 4) is 0 Å². The molecule has 2 nitrogen and oxygen atoms in total. The molecule has 0 radical (unpaired) electrons. The van der Waals surface area contributed by atoms with Crippen LogP contribution in [0, 0.1) is 0 Å². The van der Waals surface area contributed by atoms with Gasteiger partial charge < -0.3 is 5.32 Å². The molecule has 1 unspecified atom stereocenters. The fourth-order valence-electron chi connectivity index (χ4n) is 2.73. The van der Waals surface area contributed by atoms with Gasteiger partial charge in [-0.25, -0.2) is 0 Å². The van der Waals surface area contributed by atoms with E-state index in [-0.39, 0.29) is 11.6 Å². The number of rotatable bonds is 1. The van der Waals surface area contributed by atoms with Crippen LogP contribution in [0.15, 0.2) is 42.7 Å². The third-order valence-electron chi connectivity index (χ3n) is 3.62. The molecule has 1 aromatic heterocycles. The average Bonchev–Trinajstić information content (AvgIpc) is 2.46. The predicted octanol–water partition coefficient (Wildman–Crippen LogP) is 4.05. The molecular formula is C15H13F3N2. The summed E-state index contributed by atoms with van der Waals surface area (Å²) in [4.78, 5) is 3.96. The fraction of sp³-hybridized carbons (Fsp3) is 0.267. The van der Waals surface area contributed by atoms with Crippen LogP contribution in [0.5, 0.6) is 0 Å². The monoisotopic (exact) mass is 278 g/mol. The van der Waals surface area contributed by atoms with E-state index in [0.717, 1.165) is 18.1 Å². The molecule has 2 heterocycles. The topological polar surface area (TPSA) is 24.9 Å². The number of benzene rings is 1. The zero-order valence-corrected chi connectivity index (χ0v) is 10.6. The third kappa shape index (κ3) is 2.24. The lowest BCUT2D eigenvalue weighted by molar-refractivity contribution is -0.137. The second-order valence-electron chi connectivity index (χ2n) is 4.82. The van der Waals surface area contributed by atoms with Gasteiger partial charge in [0.25, 0.3) is 0 Å². The first-order chi connectivity index (χ1) is 9.57. The second-order valence-corrected chi connectivity index (χ2v) is 4.82. The van der Waals surface area contributed by atoms with Crippen LogP contribution in [0.25, 0.3) is 0 Å². The van der Waals surface area contributed by atoms with E-state index in [1.807, 2.05) is 12.1 Å². The molecule has 0 aliphatic carbocycles. The van der Waals surface area contributed by atoms with Gasteiger partial charge in [-0.2, -0.15) is 13.2 Å². The van der Waals surface area contributed by atoms with Crippen molar-refractivity contribution in [2.75, 3.05) is 11.9 Å². The molecule has 0 saturated carbocycles. The van der Waals surface area contributed by atoms with E-state index in [4.69, 9.17) is 0 Å². The summed E-state index contributed by atoms with van der Waals surface area (Å²) in [7, 11) is 0. The number of halogens is 3. The highest BCUT2D eigenvalue weighted by atomic mass is 19.4. The maximum atomic E-state index is 13.1. The first-order valence-corrected chi connectivity index (χ1v) is 6.41. The second kappa shape index (κ2) is 4.81. The summed E-state index contributed by atoms with van der Waals surface area (Å²) in [6, 6.07) is 8.09. The number of nitrogens with one attached hydrogen (secondary N) is 1. The first-order valence-electron chi connectivity index (χ1n) is 6.41. The van der Waals surface area contributed by atoms with Gasteiger partial charge in [-0.3, -0.25) is 4.98 Å². The summed E-state index contributed by atoms with van der Waals surface area (Å²) < 4.78 is 39.2. The van der Waals surface area contributed by atoms with Gasteiger partial charge in [-0.05, 0) is 35.7 Å². The van der Waals surface area contributed by atoms with Crippen molar-refractivity contribution in [2.45, 2.75) is 18.5 Å². The number of anilines is 1.